The number of hydrogen-bond acceptors (Lipinski definition) is 11. The third kappa shape index (κ3) is 14.7. The minimum Gasteiger partial charge on any atom is -0.379 e. The molecule has 1 unspecified atom stereocenters. The molecular weight excluding hydrogens is 598 g/mol. The van der Waals surface area contributed by atoms with Crippen LogP contribution in [0.3, 0.4) is 0 Å². The van der Waals surface area contributed by atoms with E-state index in [0.717, 1.165) is 18.6 Å². The molecule has 19 heteroatoms. The topological polar surface area (TPSA) is 239 Å². The Bertz CT molecular complexity index is 1000. The van der Waals surface area contributed by atoms with E-state index in [1.807, 2.05) is 0 Å². The van der Waals surface area contributed by atoms with Crippen LogP contribution in [-0.2, 0) is 38.7 Å². The Morgan fingerprint density at radius 2 is 1.67 bits per heavy atom. The predicted octanol–water partition coefficient (Wildman–Crippen LogP) is -0.422. The van der Waals surface area contributed by atoms with E-state index in [0.29, 0.717) is 39.5 Å². The van der Waals surface area contributed by atoms with Gasteiger partial charge in [0.2, 0.25) is 11.8 Å². The molecule has 0 radical (unpaired) electrons. The van der Waals surface area contributed by atoms with E-state index >= 15 is 0 Å². The number of hydrogen-bond donors (Lipinski definition) is 5. The van der Waals surface area contributed by atoms with Crippen LogP contribution in [-0.4, -0.2) is 132 Å². The molecule has 4 amide bonds. The first kappa shape index (κ1) is 35.8. The van der Waals surface area contributed by atoms with E-state index in [1.165, 1.54) is 0 Å². The standard InChI is InChI=1S/C23H41N7O10S2/c24-30-27-6-8-38-10-12-40-14-13-39-11-9-37-7-5-25-22(32)19(42(34,35)36)15-26-20(31)4-2-1-3-18-21-17(16-41-18)28-23(33)29-21/h17-19,21H,1-16H2,(H,25,32)(H,26,31)(H2,28,29,33)(H,34,35,36)/t17-,18-,19?,21-/m0/s1. The molecule has 2 aliphatic rings. The Labute approximate surface area is 249 Å². The van der Waals surface area contributed by atoms with Crippen molar-refractivity contribution in [1.29, 1.82) is 0 Å². The molecule has 0 spiro atoms. The van der Waals surface area contributed by atoms with Crippen LogP contribution in [0.5, 0.6) is 0 Å². The van der Waals surface area contributed by atoms with Crippen LogP contribution in [0.15, 0.2) is 5.11 Å². The summed E-state index contributed by atoms with van der Waals surface area (Å²) in [5.74, 6) is -0.517. The summed E-state index contributed by atoms with van der Waals surface area (Å²) < 4.78 is 54.0. The molecule has 240 valence electrons. The summed E-state index contributed by atoms with van der Waals surface area (Å²) in [7, 11) is -4.75. The van der Waals surface area contributed by atoms with Gasteiger partial charge in [-0.2, -0.15) is 20.2 Å². The lowest BCUT2D eigenvalue weighted by Gasteiger charge is -2.17. The second-order valence-corrected chi connectivity index (χ2v) is 12.2. The van der Waals surface area contributed by atoms with E-state index in [2.05, 4.69) is 31.3 Å². The fraction of sp³-hybridized carbons (Fsp3) is 0.870. The number of amides is 4. The van der Waals surface area contributed by atoms with Gasteiger partial charge in [0.25, 0.3) is 10.1 Å². The zero-order valence-electron chi connectivity index (χ0n) is 23.4. The molecule has 2 aliphatic heterocycles. The van der Waals surface area contributed by atoms with Crippen LogP contribution in [0.4, 0.5) is 4.79 Å². The van der Waals surface area contributed by atoms with E-state index in [-0.39, 0.29) is 62.7 Å². The van der Waals surface area contributed by atoms with Crippen LogP contribution in [0, 0.1) is 0 Å². The highest BCUT2D eigenvalue weighted by atomic mass is 32.2. The summed E-state index contributed by atoms with van der Waals surface area (Å²) in [5.41, 5.74) is 8.13. The Morgan fingerprint density at radius 3 is 2.31 bits per heavy atom. The molecule has 2 heterocycles. The quantitative estimate of drug-likeness (QED) is 0.0227. The highest BCUT2D eigenvalue weighted by molar-refractivity contribution is 8.00. The average Bonchev–Trinajstić information content (AvgIpc) is 3.49. The van der Waals surface area contributed by atoms with Crippen LogP contribution in [0.1, 0.15) is 25.7 Å². The SMILES string of the molecule is [N-]=[N+]=NCCOCCOCCOCCOCCNC(=O)C(CNC(=O)CCCC[C@@H]1SC[C@@H]2NC(=O)N[C@@H]21)S(=O)(=O)O. The Balaban J connectivity index is 1.47. The fourth-order valence-electron chi connectivity index (χ4n) is 4.17. The third-order valence-electron chi connectivity index (χ3n) is 6.28. The molecule has 0 aliphatic carbocycles. The number of ether oxygens (including phenoxy) is 4. The molecule has 4 atom stereocenters. The average molecular weight is 640 g/mol. The maximum absolute atomic E-state index is 12.3. The summed E-state index contributed by atoms with van der Waals surface area (Å²) in [6, 6.07) is 0.0799. The van der Waals surface area contributed by atoms with Gasteiger partial charge in [-0.25, -0.2) is 4.79 Å². The number of nitrogens with one attached hydrogen (secondary N) is 4. The number of azide groups is 1. The first-order valence-corrected chi connectivity index (χ1v) is 16.3. The molecular formula is C23H41N7O10S2. The smallest absolute Gasteiger partial charge is 0.315 e. The number of carbonyl (C=O) groups excluding carboxylic acids is 3. The maximum atomic E-state index is 12.3. The molecule has 0 aromatic carbocycles. The first-order valence-electron chi connectivity index (χ1n) is 13.7. The monoisotopic (exact) mass is 639 g/mol. The highest BCUT2D eigenvalue weighted by Crippen LogP contribution is 2.33. The van der Waals surface area contributed by atoms with Crippen molar-refractivity contribution in [3.05, 3.63) is 10.4 Å². The number of rotatable bonds is 24. The number of carbonyl (C=O) groups is 3. The minimum atomic E-state index is -4.75. The van der Waals surface area contributed by atoms with E-state index in [9.17, 15) is 27.4 Å². The van der Waals surface area contributed by atoms with Crippen molar-refractivity contribution < 1.29 is 46.3 Å². The first-order chi connectivity index (χ1) is 20.2. The second kappa shape index (κ2) is 20.5. The highest BCUT2D eigenvalue weighted by Gasteiger charge is 2.42. The predicted molar refractivity (Wildman–Crippen MR) is 153 cm³/mol. The number of fused-ring (bicyclic) bond motifs is 1. The van der Waals surface area contributed by atoms with Gasteiger partial charge in [-0.1, -0.05) is 11.5 Å². The maximum Gasteiger partial charge on any atom is 0.315 e. The summed E-state index contributed by atoms with van der Waals surface area (Å²) in [5, 5.41) is 12.4. The van der Waals surface area contributed by atoms with Gasteiger partial charge in [-0.15, -0.1) is 0 Å². The summed E-state index contributed by atoms with van der Waals surface area (Å²) in [6.07, 6.45) is 2.29. The van der Waals surface area contributed by atoms with Crippen molar-refractivity contribution in [1.82, 2.24) is 21.3 Å². The fourth-order valence-corrected chi connectivity index (χ4v) is 6.37. The van der Waals surface area contributed by atoms with Gasteiger partial charge >= 0.3 is 6.03 Å². The molecule has 0 saturated carbocycles. The van der Waals surface area contributed by atoms with Crippen LogP contribution >= 0.6 is 11.8 Å². The van der Waals surface area contributed by atoms with Gasteiger partial charge in [0.1, 0.15) is 0 Å². The minimum absolute atomic E-state index is 0.00140. The van der Waals surface area contributed by atoms with Crippen molar-refractivity contribution in [2.24, 2.45) is 5.11 Å². The third-order valence-corrected chi connectivity index (χ3v) is 8.89. The number of thioether (sulfide) groups is 1. The summed E-state index contributed by atoms with van der Waals surface area (Å²) in [6.45, 7) is 2.13. The van der Waals surface area contributed by atoms with Crippen LogP contribution in [0.25, 0.3) is 10.4 Å². The largest absolute Gasteiger partial charge is 0.379 e. The molecule has 17 nitrogen and oxygen atoms in total. The van der Waals surface area contributed by atoms with Gasteiger partial charge in [0.05, 0.1) is 64.9 Å². The van der Waals surface area contributed by atoms with Crippen LogP contribution < -0.4 is 21.3 Å². The Hall–Kier alpha value is -2.38. The van der Waals surface area contributed by atoms with Crippen molar-refractivity contribution in [2.45, 2.75) is 48.3 Å². The number of nitrogens with zero attached hydrogens (tertiary/aromatic N) is 3. The zero-order valence-corrected chi connectivity index (χ0v) is 25.0. The lowest BCUT2D eigenvalue weighted by Crippen LogP contribution is -2.47. The molecule has 0 aromatic rings. The number of urea groups is 1. The lowest BCUT2D eigenvalue weighted by molar-refractivity contribution is -0.122. The molecule has 0 aromatic heterocycles. The van der Waals surface area contributed by atoms with Gasteiger partial charge < -0.3 is 40.2 Å². The van der Waals surface area contributed by atoms with Gasteiger partial charge in [0, 0.05) is 42.0 Å². The number of unbranched alkanes of at least 4 members (excludes halogenated alkanes) is 1. The van der Waals surface area contributed by atoms with Crippen LogP contribution in [0.2, 0.25) is 0 Å². The normalized spacial score (nSPS) is 20.2. The molecule has 5 N–H and O–H groups in total. The lowest BCUT2D eigenvalue weighted by atomic mass is 10.0. The van der Waals surface area contributed by atoms with Crippen molar-refractivity contribution in [2.75, 3.05) is 78.2 Å². The van der Waals surface area contributed by atoms with Crippen molar-refractivity contribution in [3.8, 4) is 0 Å². The molecule has 2 saturated heterocycles. The molecule has 42 heavy (non-hydrogen) atoms. The second-order valence-electron chi connectivity index (χ2n) is 9.37. The van der Waals surface area contributed by atoms with E-state index < -0.39 is 33.7 Å². The summed E-state index contributed by atoms with van der Waals surface area (Å²) in [4.78, 5) is 38.6. The van der Waals surface area contributed by atoms with Gasteiger partial charge in [0.15, 0.2) is 5.25 Å². The molecule has 2 fully saturated rings. The van der Waals surface area contributed by atoms with Crippen molar-refractivity contribution >= 4 is 39.7 Å². The van der Waals surface area contributed by atoms with Gasteiger partial charge in [-0.05, 0) is 18.4 Å². The summed E-state index contributed by atoms with van der Waals surface area (Å²) >= 11 is 1.79. The van der Waals surface area contributed by atoms with E-state index in [1.54, 1.807) is 11.8 Å². The Morgan fingerprint density at radius 1 is 1.02 bits per heavy atom. The van der Waals surface area contributed by atoms with Gasteiger partial charge in [-0.3, -0.25) is 14.1 Å². The van der Waals surface area contributed by atoms with E-state index in [4.69, 9.17) is 24.5 Å². The Kier molecular flexibility index (Phi) is 17.5. The van der Waals surface area contributed by atoms with Crippen molar-refractivity contribution in [3.63, 3.8) is 0 Å². The zero-order chi connectivity index (χ0) is 30.6. The molecule has 0 bridgehead atoms. The molecule has 2 rings (SSSR count).